The van der Waals surface area contributed by atoms with Crippen molar-refractivity contribution < 1.29 is 18.3 Å². The standard InChI is InChI=1S/C9H8BrF3O/c10-5-8(14)6-3-1-2-4-7(6)9(11,12)13/h1-4,8,14H,5H2. The fourth-order valence-corrected chi connectivity index (χ4v) is 1.48. The third-order valence-corrected chi connectivity index (χ3v) is 2.38. The Morgan fingerprint density at radius 2 is 1.86 bits per heavy atom. The molecule has 1 atom stereocenters. The van der Waals surface area contributed by atoms with Crippen molar-refractivity contribution in [3.8, 4) is 0 Å². The van der Waals surface area contributed by atoms with Crippen LogP contribution in [0.3, 0.4) is 0 Å². The molecule has 0 aromatic heterocycles. The highest BCUT2D eigenvalue weighted by Crippen LogP contribution is 2.34. The third kappa shape index (κ3) is 2.48. The van der Waals surface area contributed by atoms with Crippen LogP contribution in [0.2, 0.25) is 0 Å². The molecule has 1 N–H and O–H groups in total. The number of aliphatic hydroxyl groups excluding tert-OH is 1. The van der Waals surface area contributed by atoms with Gasteiger partial charge in [0.05, 0.1) is 11.7 Å². The molecule has 0 aliphatic carbocycles. The van der Waals surface area contributed by atoms with Crippen LogP contribution in [-0.4, -0.2) is 10.4 Å². The van der Waals surface area contributed by atoms with Gasteiger partial charge in [-0.2, -0.15) is 13.2 Å². The zero-order valence-electron chi connectivity index (χ0n) is 7.05. The summed E-state index contributed by atoms with van der Waals surface area (Å²) < 4.78 is 37.3. The molecule has 0 amide bonds. The van der Waals surface area contributed by atoms with E-state index in [1.165, 1.54) is 18.2 Å². The minimum Gasteiger partial charge on any atom is -0.388 e. The summed E-state index contributed by atoms with van der Waals surface area (Å²) in [5, 5.41) is 9.41. The summed E-state index contributed by atoms with van der Waals surface area (Å²) in [6.45, 7) is 0. The van der Waals surface area contributed by atoms with E-state index in [2.05, 4.69) is 15.9 Å². The summed E-state index contributed by atoms with van der Waals surface area (Å²) in [4.78, 5) is 0. The molecule has 14 heavy (non-hydrogen) atoms. The molecule has 0 heterocycles. The van der Waals surface area contributed by atoms with E-state index in [-0.39, 0.29) is 10.9 Å². The predicted molar refractivity (Wildman–Crippen MR) is 50.2 cm³/mol. The highest BCUT2D eigenvalue weighted by atomic mass is 79.9. The Balaban J connectivity index is 3.16. The summed E-state index contributed by atoms with van der Waals surface area (Å²) in [6, 6.07) is 5.00. The lowest BCUT2D eigenvalue weighted by Crippen LogP contribution is -2.12. The molecule has 78 valence electrons. The fraction of sp³-hybridized carbons (Fsp3) is 0.333. The van der Waals surface area contributed by atoms with Gasteiger partial charge in [0.2, 0.25) is 0 Å². The molecule has 5 heteroatoms. The Morgan fingerprint density at radius 3 is 2.36 bits per heavy atom. The Morgan fingerprint density at radius 1 is 1.29 bits per heavy atom. The molecular weight excluding hydrogens is 261 g/mol. The van der Waals surface area contributed by atoms with Gasteiger partial charge in [-0.15, -0.1) is 0 Å². The number of benzene rings is 1. The molecule has 0 aliphatic rings. The lowest BCUT2D eigenvalue weighted by atomic mass is 10.0. The number of hydrogen-bond donors (Lipinski definition) is 1. The maximum absolute atomic E-state index is 12.4. The van der Waals surface area contributed by atoms with Crippen LogP contribution >= 0.6 is 15.9 Å². The maximum atomic E-state index is 12.4. The molecule has 0 saturated carbocycles. The summed E-state index contributed by atoms with van der Waals surface area (Å²) in [5.74, 6) is 0. The summed E-state index contributed by atoms with van der Waals surface area (Å²) in [7, 11) is 0. The quantitative estimate of drug-likeness (QED) is 0.818. The van der Waals surface area contributed by atoms with Gasteiger partial charge >= 0.3 is 6.18 Å². The normalized spacial score (nSPS) is 14.1. The molecule has 1 unspecified atom stereocenters. The zero-order chi connectivity index (χ0) is 10.8. The second kappa shape index (κ2) is 4.31. The highest BCUT2D eigenvalue weighted by molar-refractivity contribution is 9.09. The number of rotatable bonds is 2. The number of aliphatic hydroxyl groups is 1. The van der Waals surface area contributed by atoms with Crippen molar-refractivity contribution in [1.82, 2.24) is 0 Å². The van der Waals surface area contributed by atoms with E-state index >= 15 is 0 Å². The van der Waals surface area contributed by atoms with Gasteiger partial charge in [-0.1, -0.05) is 34.1 Å². The molecule has 0 fully saturated rings. The van der Waals surface area contributed by atoms with Gasteiger partial charge in [0.1, 0.15) is 0 Å². The first-order valence-corrected chi connectivity index (χ1v) is 4.99. The van der Waals surface area contributed by atoms with E-state index in [4.69, 9.17) is 0 Å². The van der Waals surface area contributed by atoms with Gasteiger partial charge in [0.25, 0.3) is 0 Å². The van der Waals surface area contributed by atoms with Crippen molar-refractivity contribution in [3.05, 3.63) is 35.4 Å². The minimum absolute atomic E-state index is 0.0834. The molecule has 1 nitrogen and oxygen atoms in total. The molecule has 1 aromatic carbocycles. The lowest BCUT2D eigenvalue weighted by Gasteiger charge is -2.15. The van der Waals surface area contributed by atoms with Gasteiger partial charge < -0.3 is 5.11 Å². The average molecular weight is 269 g/mol. The van der Waals surface area contributed by atoms with E-state index < -0.39 is 17.8 Å². The number of alkyl halides is 4. The minimum atomic E-state index is -4.42. The predicted octanol–water partition coefficient (Wildman–Crippen LogP) is 3.13. The van der Waals surface area contributed by atoms with E-state index in [1.54, 1.807) is 0 Å². The van der Waals surface area contributed by atoms with Crippen LogP contribution in [0.25, 0.3) is 0 Å². The van der Waals surface area contributed by atoms with Crippen LogP contribution in [-0.2, 0) is 6.18 Å². The fourth-order valence-electron chi connectivity index (χ4n) is 1.13. The van der Waals surface area contributed by atoms with E-state index in [9.17, 15) is 18.3 Å². The molecule has 1 aromatic rings. The Bertz CT molecular complexity index is 311. The molecule has 1 rings (SSSR count). The zero-order valence-corrected chi connectivity index (χ0v) is 8.64. The maximum Gasteiger partial charge on any atom is 0.416 e. The van der Waals surface area contributed by atoms with Crippen molar-refractivity contribution in [2.45, 2.75) is 12.3 Å². The number of hydrogen-bond acceptors (Lipinski definition) is 1. The van der Waals surface area contributed by atoms with Crippen molar-refractivity contribution in [2.75, 3.05) is 5.33 Å². The van der Waals surface area contributed by atoms with Gasteiger partial charge in [0.15, 0.2) is 0 Å². The molecule has 0 spiro atoms. The first-order chi connectivity index (χ1) is 6.46. The van der Waals surface area contributed by atoms with Gasteiger partial charge in [-0.05, 0) is 11.6 Å². The molecule has 0 radical (unpaired) electrons. The van der Waals surface area contributed by atoms with Crippen molar-refractivity contribution in [2.24, 2.45) is 0 Å². The molecular formula is C9H8BrF3O. The van der Waals surface area contributed by atoms with E-state index in [1.807, 2.05) is 0 Å². The third-order valence-electron chi connectivity index (χ3n) is 1.77. The van der Waals surface area contributed by atoms with Crippen molar-refractivity contribution >= 4 is 15.9 Å². The van der Waals surface area contributed by atoms with Crippen LogP contribution in [0.5, 0.6) is 0 Å². The van der Waals surface area contributed by atoms with Gasteiger partial charge in [-0.25, -0.2) is 0 Å². The molecule has 0 bridgehead atoms. The average Bonchev–Trinajstić information content (AvgIpc) is 2.15. The van der Waals surface area contributed by atoms with Crippen LogP contribution in [0.4, 0.5) is 13.2 Å². The number of halogens is 4. The molecule has 0 saturated heterocycles. The van der Waals surface area contributed by atoms with Gasteiger partial charge in [0, 0.05) is 5.33 Å². The Labute approximate surface area is 87.7 Å². The van der Waals surface area contributed by atoms with Gasteiger partial charge in [-0.3, -0.25) is 0 Å². The first-order valence-electron chi connectivity index (χ1n) is 3.87. The largest absolute Gasteiger partial charge is 0.416 e. The second-order valence-corrected chi connectivity index (χ2v) is 3.40. The van der Waals surface area contributed by atoms with Crippen LogP contribution in [0, 0.1) is 0 Å². The van der Waals surface area contributed by atoms with Crippen LogP contribution in [0.15, 0.2) is 24.3 Å². The SMILES string of the molecule is OC(CBr)c1ccccc1C(F)(F)F. The second-order valence-electron chi connectivity index (χ2n) is 2.76. The Kier molecular flexibility index (Phi) is 3.55. The summed E-state index contributed by atoms with van der Waals surface area (Å²) >= 11 is 2.94. The van der Waals surface area contributed by atoms with Crippen LogP contribution in [0.1, 0.15) is 17.2 Å². The summed E-state index contributed by atoms with van der Waals surface area (Å²) in [5.41, 5.74) is -0.885. The lowest BCUT2D eigenvalue weighted by molar-refractivity contribution is -0.139. The Hall–Kier alpha value is -0.550. The van der Waals surface area contributed by atoms with Crippen molar-refractivity contribution in [3.63, 3.8) is 0 Å². The molecule has 0 aliphatic heterocycles. The topological polar surface area (TPSA) is 20.2 Å². The van der Waals surface area contributed by atoms with E-state index in [0.717, 1.165) is 6.07 Å². The van der Waals surface area contributed by atoms with Crippen LogP contribution < -0.4 is 0 Å². The van der Waals surface area contributed by atoms with Crippen molar-refractivity contribution in [1.29, 1.82) is 0 Å². The smallest absolute Gasteiger partial charge is 0.388 e. The highest BCUT2D eigenvalue weighted by Gasteiger charge is 2.34. The summed E-state index contributed by atoms with van der Waals surface area (Å²) in [6.07, 6.45) is -5.55. The van der Waals surface area contributed by atoms with E-state index in [0.29, 0.717) is 0 Å². The monoisotopic (exact) mass is 268 g/mol. The first kappa shape index (κ1) is 11.5.